The largest absolute Gasteiger partial charge is 0.466 e. The highest BCUT2D eigenvalue weighted by atomic mass is 35.5. The molecule has 0 fully saturated rings. The van der Waals surface area contributed by atoms with Crippen LogP contribution >= 0.6 is 11.6 Å². The molecule has 0 aliphatic heterocycles. The Morgan fingerprint density at radius 3 is 2.32 bits per heavy atom. The van der Waals surface area contributed by atoms with E-state index in [-0.39, 0.29) is 18.0 Å². The lowest BCUT2D eigenvalue weighted by molar-refractivity contribution is 0.0893. The first-order chi connectivity index (χ1) is 8.99. The first-order valence-corrected chi connectivity index (χ1v) is 6.25. The van der Waals surface area contributed by atoms with Crippen molar-refractivity contribution in [3.63, 3.8) is 0 Å². The van der Waals surface area contributed by atoms with Gasteiger partial charge in [0.05, 0.1) is 17.0 Å². The van der Waals surface area contributed by atoms with E-state index in [4.69, 9.17) is 16.0 Å². The van der Waals surface area contributed by atoms with Crippen LogP contribution in [0.4, 0.5) is 0 Å². The number of carbonyl (C=O) groups excluding carboxylic acids is 2. The Bertz CT molecular complexity index is 641. The number of benzene rings is 1. The standard InChI is InChI=1S/C15H13ClO3/c1-9-7-12(10(2)19-9)15(18)8-14(17)11-5-3-4-6-13(11)16/h3-7H,8H2,1-2H3. The van der Waals surface area contributed by atoms with Crippen molar-refractivity contribution in [3.05, 3.63) is 58.0 Å². The highest BCUT2D eigenvalue weighted by molar-refractivity contribution is 6.34. The molecule has 0 N–H and O–H groups in total. The predicted molar refractivity (Wildman–Crippen MR) is 72.9 cm³/mol. The molecule has 0 bridgehead atoms. The van der Waals surface area contributed by atoms with Crippen LogP contribution < -0.4 is 0 Å². The molecule has 0 spiro atoms. The summed E-state index contributed by atoms with van der Waals surface area (Å²) in [7, 11) is 0. The molecule has 3 nitrogen and oxygen atoms in total. The number of ketones is 2. The summed E-state index contributed by atoms with van der Waals surface area (Å²) in [6, 6.07) is 8.36. The Morgan fingerprint density at radius 2 is 1.74 bits per heavy atom. The monoisotopic (exact) mass is 276 g/mol. The zero-order chi connectivity index (χ0) is 14.0. The van der Waals surface area contributed by atoms with E-state index in [9.17, 15) is 9.59 Å². The van der Waals surface area contributed by atoms with Crippen LogP contribution in [0, 0.1) is 13.8 Å². The fourth-order valence-corrected chi connectivity index (χ4v) is 2.17. The molecule has 4 heteroatoms. The van der Waals surface area contributed by atoms with Crippen LogP contribution in [0.3, 0.4) is 0 Å². The van der Waals surface area contributed by atoms with Crippen molar-refractivity contribution >= 4 is 23.2 Å². The molecule has 19 heavy (non-hydrogen) atoms. The number of hydrogen-bond acceptors (Lipinski definition) is 3. The van der Waals surface area contributed by atoms with Crippen molar-refractivity contribution < 1.29 is 14.0 Å². The van der Waals surface area contributed by atoms with Crippen molar-refractivity contribution in [2.75, 3.05) is 0 Å². The Morgan fingerprint density at radius 1 is 1.11 bits per heavy atom. The summed E-state index contributed by atoms with van der Waals surface area (Å²) in [4.78, 5) is 24.1. The lowest BCUT2D eigenvalue weighted by Gasteiger charge is -2.02. The number of halogens is 1. The van der Waals surface area contributed by atoms with Gasteiger partial charge in [0.25, 0.3) is 0 Å². The molecular formula is C15H13ClO3. The summed E-state index contributed by atoms with van der Waals surface area (Å²) in [5.41, 5.74) is 0.827. The third-order valence-electron chi connectivity index (χ3n) is 2.84. The van der Waals surface area contributed by atoms with E-state index in [0.717, 1.165) is 0 Å². The van der Waals surface area contributed by atoms with Crippen LogP contribution in [-0.4, -0.2) is 11.6 Å². The molecular weight excluding hydrogens is 264 g/mol. The van der Waals surface area contributed by atoms with Crippen molar-refractivity contribution in [2.24, 2.45) is 0 Å². The molecule has 1 aromatic heterocycles. The number of rotatable bonds is 4. The number of hydrogen-bond donors (Lipinski definition) is 0. The predicted octanol–water partition coefficient (Wildman–Crippen LogP) is 4.01. The smallest absolute Gasteiger partial charge is 0.174 e. The maximum atomic E-state index is 12.0. The minimum absolute atomic E-state index is 0.205. The van der Waals surface area contributed by atoms with Gasteiger partial charge in [-0.1, -0.05) is 23.7 Å². The minimum Gasteiger partial charge on any atom is -0.466 e. The Balaban J connectivity index is 2.18. The Hall–Kier alpha value is -1.87. The normalized spacial score (nSPS) is 10.5. The average Bonchev–Trinajstić information content (AvgIpc) is 2.69. The second-order valence-electron chi connectivity index (χ2n) is 4.33. The fourth-order valence-electron chi connectivity index (χ4n) is 1.93. The van der Waals surface area contributed by atoms with Crippen molar-refractivity contribution in [1.82, 2.24) is 0 Å². The van der Waals surface area contributed by atoms with Gasteiger partial charge in [0.15, 0.2) is 11.6 Å². The van der Waals surface area contributed by atoms with Gasteiger partial charge in [-0.25, -0.2) is 0 Å². The van der Waals surface area contributed by atoms with E-state index < -0.39 is 0 Å². The number of Topliss-reactive ketones (excluding diaryl/α,β-unsaturated/α-hetero) is 2. The SMILES string of the molecule is Cc1cc(C(=O)CC(=O)c2ccccc2Cl)c(C)o1. The lowest BCUT2D eigenvalue weighted by Crippen LogP contribution is -2.09. The molecule has 2 rings (SSSR count). The Kier molecular flexibility index (Phi) is 3.86. The first kappa shape index (κ1) is 13.6. The van der Waals surface area contributed by atoms with E-state index in [1.54, 1.807) is 44.2 Å². The summed E-state index contributed by atoms with van der Waals surface area (Å²) in [5.74, 6) is 0.661. The third kappa shape index (κ3) is 2.93. The highest BCUT2D eigenvalue weighted by Crippen LogP contribution is 2.20. The minimum atomic E-state index is -0.283. The summed E-state index contributed by atoms with van der Waals surface area (Å²) in [5, 5.41) is 0.361. The fraction of sp³-hybridized carbons (Fsp3) is 0.200. The topological polar surface area (TPSA) is 47.3 Å². The third-order valence-corrected chi connectivity index (χ3v) is 3.17. The van der Waals surface area contributed by atoms with Crippen LogP contribution in [0.2, 0.25) is 5.02 Å². The summed E-state index contributed by atoms with van der Waals surface area (Å²) in [6.45, 7) is 3.47. The second-order valence-corrected chi connectivity index (χ2v) is 4.74. The molecule has 0 amide bonds. The van der Waals surface area contributed by atoms with Gasteiger partial charge < -0.3 is 4.42 Å². The molecule has 0 saturated heterocycles. The van der Waals surface area contributed by atoms with Gasteiger partial charge in [-0.3, -0.25) is 9.59 Å². The first-order valence-electron chi connectivity index (χ1n) is 5.87. The molecule has 98 valence electrons. The molecule has 0 saturated carbocycles. The van der Waals surface area contributed by atoms with Gasteiger partial charge >= 0.3 is 0 Å². The zero-order valence-corrected chi connectivity index (χ0v) is 11.5. The van der Waals surface area contributed by atoms with E-state index in [2.05, 4.69) is 0 Å². The number of aryl methyl sites for hydroxylation is 2. The molecule has 0 radical (unpaired) electrons. The van der Waals surface area contributed by atoms with Gasteiger partial charge in [-0.2, -0.15) is 0 Å². The molecule has 0 aliphatic rings. The summed E-state index contributed by atoms with van der Waals surface area (Å²) in [6.07, 6.45) is -0.205. The van der Waals surface area contributed by atoms with Gasteiger partial charge in [0.1, 0.15) is 11.5 Å². The van der Waals surface area contributed by atoms with E-state index in [1.165, 1.54) is 0 Å². The van der Waals surface area contributed by atoms with Crippen LogP contribution in [0.1, 0.15) is 38.7 Å². The molecule has 0 aliphatic carbocycles. The summed E-state index contributed by atoms with van der Waals surface area (Å²) >= 11 is 5.93. The van der Waals surface area contributed by atoms with E-state index in [1.807, 2.05) is 0 Å². The molecule has 0 unspecified atom stereocenters. The maximum Gasteiger partial charge on any atom is 0.174 e. The molecule has 1 heterocycles. The quantitative estimate of drug-likeness (QED) is 0.626. The van der Waals surface area contributed by atoms with Crippen LogP contribution in [0.5, 0.6) is 0 Å². The van der Waals surface area contributed by atoms with E-state index in [0.29, 0.717) is 27.7 Å². The van der Waals surface area contributed by atoms with Gasteiger partial charge in [0.2, 0.25) is 0 Å². The van der Waals surface area contributed by atoms with Crippen molar-refractivity contribution in [3.8, 4) is 0 Å². The van der Waals surface area contributed by atoms with Crippen LogP contribution in [0.15, 0.2) is 34.7 Å². The average molecular weight is 277 g/mol. The van der Waals surface area contributed by atoms with Crippen molar-refractivity contribution in [1.29, 1.82) is 0 Å². The summed E-state index contributed by atoms with van der Waals surface area (Å²) < 4.78 is 5.29. The molecule has 1 aromatic carbocycles. The second kappa shape index (κ2) is 5.41. The lowest BCUT2D eigenvalue weighted by atomic mass is 10.0. The van der Waals surface area contributed by atoms with Crippen LogP contribution in [-0.2, 0) is 0 Å². The van der Waals surface area contributed by atoms with Gasteiger partial charge in [0, 0.05) is 5.56 Å². The number of furan rings is 1. The van der Waals surface area contributed by atoms with Crippen molar-refractivity contribution in [2.45, 2.75) is 20.3 Å². The van der Waals surface area contributed by atoms with Gasteiger partial charge in [-0.15, -0.1) is 0 Å². The maximum absolute atomic E-state index is 12.0. The van der Waals surface area contributed by atoms with E-state index >= 15 is 0 Å². The Labute approximate surface area is 116 Å². The van der Waals surface area contributed by atoms with Gasteiger partial charge in [-0.05, 0) is 32.0 Å². The van der Waals surface area contributed by atoms with Crippen LogP contribution in [0.25, 0.3) is 0 Å². The molecule has 2 aromatic rings. The molecule has 0 atom stereocenters. The zero-order valence-electron chi connectivity index (χ0n) is 10.7. The highest BCUT2D eigenvalue weighted by Gasteiger charge is 2.19. The number of carbonyl (C=O) groups is 2.